The van der Waals surface area contributed by atoms with E-state index in [0.29, 0.717) is 5.57 Å². The maximum Gasteiger partial charge on any atom is 0.338 e. The average molecular weight is 715 g/mol. The smallest absolute Gasteiger partial charge is 0.338 e. The van der Waals surface area contributed by atoms with Crippen LogP contribution in [-0.4, -0.2) is 95.4 Å². The quantitative estimate of drug-likeness (QED) is 0.247. The van der Waals surface area contributed by atoms with E-state index in [4.69, 9.17) is 33.2 Å². The van der Waals surface area contributed by atoms with E-state index in [-0.39, 0.29) is 30.6 Å². The van der Waals surface area contributed by atoms with Crippen molar-refractivity contribution < 1.29 is 67.0 Å². The molecule has 1 aromatic rings. The molecule has 4 aliphatic rings. The van der Waals surface area contributed by atoms with E-state index in [1.807, 2.05) is 0 Å². The molecular formula is C37H46O14. The van der Waals surface area contributed by atoms with Gasteiger partial charge in [-0.05, 0) is 30.2 Å². The van der Waals surface area contributed by atoms with Crippen molar-refractivity contribution in [3.05, 3.63) is 47.0 Å². The lowest BCUT2D eigenvalue weighted by Crippen LogP contribution is -2.82. The topological polar surface area (TPSA) is 187 Å². The molecular weight excluding hydrogens is 668 g/mol. The molecule has 10 atom stereocenters. The van der Waals surface area contributed by atoms with Gasteiger partial charge in [-0.25, -0.2) is 4.79 Å². The van der Waals surface area contributed by atoms with Crippen LogP contribution in [0.2, 0.25) is 0 Å². The molecule has 1 aromatic carbocycles. The number of benzene rings is 1. The molecule has 0 spiro atoms. The lowest BCUT2D eigenvalue weighted by Gasteiger charge is -2.69. The molecule has 2 saturated carbocycles. The highest BCUT2D eigenvalue weighted by Gasteiger charge is 2.79. The van der Waals surface area contributed by atoms with E-state index in [1.165, 1.54) is 32.9 Å². The summed E-state index contributed by atoms with van der Waals surface area (Å²) in [6.07, 6.45) is -8.34. The predicted molar refractivity (Wildman–Crippen MR) is 174 cm³/mol. The van der Waals surface area contributed by atoms with Crippen molar-refractivity contribution in [1.82, 2.24) is 0 Å². The Morgan fingerprint density at radius 2 is 1.35 bits per heavy atom. The molecule has 5 rings (SSSR count). The second kappa shape index (κ2) is 13.4. The molecule has 51 heavy (non-hydrogen) atoms. The normalized spacial score (nSPS) is 36.3. The Kier molecular flexibility index (Phi) is 9.93. The first-order chi connectivity index (χ1) is 23.7. The van der Waals surface area contributed by atoms with Crippen LogP contribution in [0.4, 0.5) is 0 Å². The van der Waals surface area contributed by atoms with Crippen molar-refractivity contribution >= 4 is 35.8 Å². The van der Waals surface area contributed by atoms with Crippen LogP contribution in [0.3, 0.4) is 0 Å². The Bertz CT molecular complexity index is 1650. The minimum atomic E-state index is -2.19. The molecule has 1 saturated heterocycles. The fraction of sp³-hybridized carbons (Fsp3) is 0.622. The van der Waals surface area contributed by atoms with Gasteiger partial charge in [-0.3, -0.25) is 24.0 Å². The number of fused-ring (bicyclic) bond motifs is 5. The molecule has 3 aliphatic carbocycles. The predicted octanol–water partition coefficient (Wildman–Crippen LogP) is 3.16. The van der Waals surface area contributed by atoms with Crippen LogP contribution in [0.1, 0.15) is 85.5 Å². The third-order valence-corrected chi connectivity index (χ3v) is 11.3. The highest BCUT2D eigenvalue weighted by Crippen LogP contribution is 2.66. The lowest BCUT2D eigenvalue weighted by atomic mass is 9.44. The number of carbonyl (C=O) groups is 6. The van der Waals surface area contributed by atoms with Crippen LogP contribution < -0.4 is 0 Å². The van der Waals surface area contributed by atoms with Gasteiger partial charge in [-0.15, -0.1) is 0 Å². The van der Waals surface area contributed by atoms with Crippen molar-refractivity contribution in [2.45, 2.75) is 123 Å². The van der Waals surface area contributed by atoms with Gasteiger partial charge >= 0.3 is 35.8 Å². The van der Waals surface area contributed by atoms with Crippen LogP contribution in [0, 0.1) is 16.7 Å². The maximum atomic E-state index is 14.2. The summed E-state index contributed by atoms with van der Waals surface area (Å²) in [5, 5.41) is 13.5. The zero-order valence-corrected chi connectivity index (χ0v) is 30.3. The van der Waals surface area contributed by atoms with Crippen molar-refractivity contribution in [3.8, 4) is 0 Å². The maximum absolute atomic E-state index is 14.2. The molecule has 3 fully saturated rings. The Balaban J connectivity index is 1.95. The van der Waals surface area contributed by atoms with Gasteiger partial charge in [0, 0.05) is 52.9 Å². The Morgan fingerprint density at radius 3 is 1.86 bits per heavy atom. The molecule has 0 aromatic heterocycles. The van der Waals surface area contributed by atoms with Gasteiger partial charge in [0.25, 0.3) is 0 Å². The van der Waals surface area contributed by atoms with E-state index < -0.39 is 100 Å². The van der Waals surface area contributed by atoms with Crippen LogP contribution in [0.15, 0.2) is 41.5 Å². The number of aliphatic hydroxyl groups is 1. The summed E-state index contributed by atoms with van der Waals surface area (Å²) in [4.78, 5) is 78.6. The van der Waals surface area contributed by atoms with Crippen molar-refractivity contribution in [1.29, 1.82) is 0 Å². The zero-order chi connectivity index (χ0) is 37.8. The van der Waals surface area contributed by atoms with E-state index in [9.17, 15) is 33.9 Å². The molecule has 2 bridgehead atoms. The summed E-state index contributed by atoms with van der Waals surface area (Å²) in [5.41, 5.74) is -6.32. The highest BCUT2D eigenvalue weighted by molar-refractivity contribution is 5.89. The number of carbonyl (C=O) groups excluding carboxylic acids is 6. The molecule has 14 heteroatoms. The SMILES string of the molecule is CC(=O)O[C@H]1C[C@@]2(O)[C@@H](OC(=O)c3ccccc3)[C@@H]3[C@]4(OC(C)=O)CO[C@@H]4C[C@H](OC(C)=O)[C@@]3(C)[C@H](OC(C)=O)[C@H](OC(C)=O)C(=C1C)C2(C)C. The fourth-order valence-corrected chi connectivity index (χ4v) is 9.16. The minimum Gasteiger partial charge on any atom is -0.462 e. The van der Waals surface area contributed by atoms with Gasteiger partial charge in [-0.1, -0.05) is 39.0 Å². The number of hydrogen-bond acceptors (Lipinski definition) is 14. The van der Waals surface area contributed by atoms with Crippen LogP contribution >= 0.6 is 0 Å². The zero-order valence-electron chi connectivity index (χ0n) is 30.3. The highest BCUT2D eigenvalue weighted by atomic mass is 16.6. The van der Waals surface area contributed by atoms with Gasteiger partial charge in [-0.2, -0.15) is 0 Å². The number of esters is 6. The largest absolute Gasteiger partial charge is 0.462 e. The molecule has 1 N–H and O–H groups in total. The fourth-order valence-electron chi connectivity index (χ4n) is 9.16. The van der Waals surface area contributed by atoms with Gasteiger partial charge in [0.05, 0.1) is 23.5 Å². The summed E-state index contributed by atoms with van der Waals surface area (Å²) >= 11 is 0. The van der Waals surface area contributed by atoms with Crippen molar-refractivity contribution in [2.75, 3.05) is 6.61 Å². The number of hydrogen-bond donors (Lipinski definition) is 1. The molecule has 0 radical (unpaired) electrons. The molecule has 0 amide bonds. The van der Waals surface area contributed by atoms with Crippen LogP contribution in [0.5, 0.6) is 0 Å². The Labute approximate surface area is 296 Å². The molecule has 278 valence electrons. The average Bonchev–Trinajstić information content (AvgIpc) is 3.00. The summed E-state index contributed by atoms with van der Waals surface area (Å²) in [6.45, 7) is 12.2. The van der Waals surface area contributed by atoms with E-state index in [2.05, 4.69) is 0 Å². The van der Waals surface area contributed by atoms with E-state index in [0.717, 1.165) is 13.8 Å². The summed E-state index contributed by atoms with van der Waals surface area (Å²) in [7, 11) is 0. The van der Waals surface area contributed by atoms with Crippen LogP contribution in [-0.2, 0) is 57.1 Å². The summed E-state index contributed by atoms with van der Waals surface area (Å²) < 4.78 is 42.5. The Hall–Kier alpha value is -4.30. The first-order valence-corrected chi connectivity index (χ1v) is 16.9. The van der Waals surface area contributed by atoms with E-state index >= 15 is 0 Å². The molecule has 1 heterocycles. The number of ether oxygens (including phenoxy) is 7. The van der Waals surface area contributed by atoms with E-state index in [1.54, 1.807) is 45.9 Å². The number of rotatable bonds is 7. The van der Waals surface area contributed by atoms with Crippen molar-refractivity contribution in [2.24, 2.45) is 16.7 Å². The lowest BCUT2D eigenvalue weighted by molar-refractivity contribution is -0.365. The first-order valence-electron chi connectivity index (χ1n) is 16.9. The van der Waals surface area contributed by atoms with Gasteiger partial charge in [0.1, 0.15) is 30.0 Å². The van der Waals surface area contributed by atoms with Gasteiger partial charge in [0.2, 0.25) is 0 Å². The second-order valence-corrected chi connectivity index (χ2v) is 14.7. The molecule has 1 aliphatic heterocycles. The monoisotopic (exact) mass is 714 g/mol. The standard InChI is InChI=1S/C37H46O14/c1-18-25(46-19(2)38)16-37(44)32(50-33(43)24-13-11-10-12-14-24)30-35(9,26(47-20(3)39)15-27-36(30,17-45-27)51-23(6)42)31(49-22(5)41)29(48-21(4)40)28(18)34(37,7)8/h10-14,25-27,29-32,44H,15-17H2,1-9H3/t25-,26-,27+,29+,30-,31+,32-,35+,36-,37+/m0/s1. The van der Waals surface area contributed by atoms with Gasteiger partial charge in [0.15, 0.2) is 17.8 Å². The molecule has 0 unspecified atom stereocenters. The second-order valence-electron chi connectivity index (χ2n) is 14.7. The third kappa shape index (κ3) is 6.19. The summed E-state index contributed by atoms with van der Waals surface area (Å²) in [5.74, 6) is -5.93. The summed E-state index contributed by atoms with van der Waals surface area (Å²) in [6, 6.07) is 8.02. The van der Waals surface area contributed by atoms with Gasteiger partial charge < -0.3 is 38.3 Å². The Morgan fingerprint density at radius 1 is 0.765 bits per heavy atom. The molecule has 14 nitrogen and oxygen atoms in total. The van der Waals surface area contributed by atoms with Crippen LogP contribution in [0.25, 0.3) is 0 Å². The minimum absolute atomic E-state index is 0.0698. The third-order valence-electron chi connectivity index (χ3n) is 11.3. The van der Waals surface area contributed by atoms with Crippen molar-refractivity contribution in [3.63, 3.8) is 0 Å². The first kappa shape index (κ1) is 37.9.